The summed E-state index contributed by atoms with van der Waals surface area (Å²) in [5, 5.41) is 26.9. The lowest BCUT2D eigenvalue weighted by atomic mass is 10.1. The van der Waals surface area contributed by atoms with Crippen molar-refractivity contribution in [2.24, 2.45) is 15.9 Å². The maximum atomic E-state index is 10.7. The van der Waals surface area contributed by atoms with Gasteiger partial charge in [-0.15, -0.1) is 5.10 Å². The molecule has 0 aliphatic rings. The molecule has 2 aromatic rings. The molecule has 1 aromatic heterocycles. The van der Waals surface area contributed by atoms with Gasteiger partial charge in [0.15, 0.2) is 5.03 Å². The van der Waals surface area contributed by atoms with Gasteiger partial charge in [-0.3, -0.25) is 10.1 Å². The van der Waals surface area contributed by atoms with Crippen LogP contribution in [0, 0.1) is 20.2 Å². The number of nitro benzene ring substituents is 1. The highest BCUT2D eigenvalue weighted by Gasteiger charge is 2.13. The molecule has 2 rings (SSSR count). The van der Waals surface area contributed by atoms with Gasteiger partial charge < -0.3 is 10.2 Å². The molecule has 0 amide bonds. The molecule has 0 radical (unpaired) electrons. The molecule has 1 aromatic carbocycles. The number of nitrogens with one attached hydrogen (secondary N) is 1. The number of guanidine groups is 1. The van der Waals surface area contributed by atoms with Crippen LogP contribution in [-0.4, -0.2) is 22.1 Å². The number of nitro groups is 2. The maximum absolute atomic E-state index is 10.7. The summed E-state index contributed by atoms with van der Waals surface area (Å²) in [6, 6.07) is 7.09. The molecule has 0 saturated carbocycles. The van der Waals surface area contributed by atoms with Gasteiger partial charge in [-0.25, -0.2) is 10.1 Å². The van der Waals surface area contributed by atoms with E-state index < -0.39 is 15.9 Å². The fourth-order valence-corrected chi connectivity index (χ4v) is 1.92. The minimum atomic E-state index is -0.879. The molecule has 11 nitrogen and oxygen atoms in total. The third kappa shape index (κ3) is 4.27. The van der Waals surface area contributed by atoms with E-state index in [1.807, 2.05) is 0 Å². The predicted molar refractivity (Wildman–Crippen MR) is 85.2 cm³/mol. The maximum Gasteiger partial charge on any atom is 0.275 e. The number of hydrogen-bond donors (Lipinski definition) is 2. The minimum Gasteiger partial charge on any atom is -0.455 e. The second kappa shape index (κ2) is 7.19. The van der Waals surface area contributed by atoms with E-state index in [0.717, 1.165) is 0 Å². The summed E-state index contributed by atoms with van der Waals surface area (Å²) >= 11 is 6.00. The number of nitrogens with zero attached hydrogens (tertiary/aromatic N) is 4. The summed E-state index contributed by atoms with van der Waals surface area (Å²) < 4.78 is 5.45. The highest BCUT2D eigenvalue weighted by molar-refractivity contribution is 6.33. The van der Waals surface area contributed by atoms with Gasteiger partial charge in [-0.2, -0.15) is 5.10 Å². The molecule has 0 aliphatic carbocycles. The van der Waals surface area contributed by atoms with E-state index >= 15 is 0 Å². The Morgan fingerprint density at radius 3 is 2.67 bits per heavy atom. The van der Waals surface area contributed by atoms with Crippen molar-refractivity contribution in [1.29, 1.82) is 0 Å². The number of nitrogens with two attached hydrogens (primary N) is 1. The SMILES string of the molecule is NC(=NN=Cc1ccc(-c2ccc([N+](=O)[O-])cc2Cl)o1)N[N+](=O)[O-]. The summed E-state index contributed by atoms with van der Waals surface area (Å²) in [6.45, 7) is 0. The molecule has 3 N–H and O–H groups in total. The average Bonchev–Trinajstić information content (AvgIpc) is 2.94. The van der Waals surface area contributed by atoms with Crippen LogP contribution < -0.4 is 11.2 Å². The molecular weight excluding hydrogens is 344 g/mol. The third-order valence-corrected chi connectivity index (χ3v) is 2.92. The Hall–Kier alpha value is -3.47. The molecule has 0 spiro atoms. The fraction of sp³-hybridized carbons (Fsp3) is 0. The van der Waals surface area contributed by atoms with E-state index in [9.17, 15) is 20.2 Å². The average molecular weight is 353 g/mol. The summed E-state index contributed by atoms with van der Waals surface area (Å²) in [4.78, 5) is 20.2. The van der Waals surface area contributed by atoms with E-state index in [4.69, 9.17) is 21.8 Å². The van der Waals surface area contributed by atoms with Gasteiger partial charge in [0.05, 0.1) is 16.2 Å². The van der Waals surface area contributed by atoms with Crippen LogP contribution in [0.5, 0.6) is 0 Å². The molecule has 0 atom stereocenters. The van der Waals surface area contributed by atoms with Crippen molar-refractivity contribution in [3.05, 3.63) is 61.3 Å². The Bertz CT molecular complexity index is 846. The molecular formula is C12H9ClN6O5. The van der Waals surface area contributed by atoms with Gasteiger partial charge in [-0.05, 0) is 18.2 Å². The molecule has 1 heterocycles. The normalized spacial score (nSPS) is 11.6. The molecule has 124 valence electrons. The molecule has 0 aliphatic heterocycles. The number of furan rings is 1. The van der Waals surface area contributed by atoms with Crippen molar-refractivity contribution in [3.63, 3.8) is 0 Å². The smallest absolute Gasteiger partial charge is 0.275 e. The second-order valence-electron chi connectivity index (χ2n) is 4.22. The van der Waals surface area contributed by atoms with Crippen molar-refractivity contribution >= 4 is 29.5 Å². The van der Waals surface area contributed by atoms with E-state index in [0.29, 0.717) is 11.3 Å². The lowest BCUT2D eigenvalue weighted by Crippen LogP contribution is -2.35. The quantitative estimate of drug-likeness (QED) is 0.359. The molecule has 0 fully saturated rings. The van der Waals surface area contributed by atoms with E-state index in [1.54, 1.807) is 17.6 Å². The Morgan fingerprint density at radius 1 is 1.29 bits per heavy atom. The molecule has 0 saturated heterocycles. The number of non-ortho nitro benzene ring substituents is 1. The Kier molecular flexibility index (Phi) is 5.06. The van der Waals surface area contributed by atoms with Crippen LogP contribution in [0.25, 0.3) is 11.3 Å². The van der Waals surface area contributed by atoms with E-state index in [-0.39, 0.29) is 16.5 Å². The predicted octanol–water partition coefficient (Wildman–Crippen LogP) is 1.94. The van der Waals surface area contributed by atoms with Crippen LogP contribution >= 0.6 is 11.6 Å². The summed E-state index contributed by atoms with van der Waals surface area (Å²) in [5.41, 5.74) is 7.11. The van der Waals surface area contributed by atoms with Crippen LogP contribution in [0.2, 0.25) is 5.02 Å². The number of benzene rings is 1. The second-order valence-corrected chi connectivity index (χ2v) is 4.63. The topological polar surface area (TPSA) is 162 Å². The van der Waals surface area contributed by atoms with Crippen LogP contribution in [0.3, 0.4) is 0 Å². The first-order valence-electron chi connectivity index (χ1n) is 6.18. The summed E-state index contributed by atoms with van der Waals surface area (Å²) in [5.74, 6) is 0.134. The number of halogens is 1. The summed E-state index contributed by atoms with van der Waals surface area (Å²) in [6.07, 6.45) is 1.18. The largest absolute Gasteiger partial charge is 0.455 e. The van der Waals surface area contributed by atoms with Crippen molar-refractivity contribution in [3.8, 4) is 11.3 Å². The van der Waals surface area contributed by atoms with E-state index in [1.165, 1.54) is 24.4 Å². The van der Waals surface area contributed by atoms with Gasteiger partial charge in [0.2, 0.25) is 0 Å². The van der Waals surface area contributed by atoms with Gasteiger partial charge in [0.1, 0.15) is 11.5 Å². The monoisotopic (exact) mass is 352 g/mol. The Balaban J connectivity index is 2.16. The van der Waals surface area contributed by atoms with Crippen LogP contribution in [-0.2, 0) is 0 Å². The van der Waals surface area contributed by atoms with Gasteiger partial charge >= 0.3 is 0 Å². The number of hydrazine groups is 1. The van der Waals surface area contributed by atoms with Gasteiger partial charge in [0.25, 0.3) is 11.6 Å². The zero-order valence-corrected chi connectivity index (χ0v) is 12.5. The van der Waals surface area contributed by atoms with Crippen molar-refractivity contribution in [1.82, 2.24) is 5.43 Å². The third-order valence-electron chi connectivity index (χ3n) is 2.61. The minimum absolute atomic E-state index is 0.139. The molecule has 24 heavy (non-hydrogen) atoms. The fourth-order valence-electron chi connectivity index (χ4n) is 1.65. The number of hydrogen-bond acceptors (Lipinski definition) is 7. The highest BCUT2D eigenvalue weighted by atomic mass is 35.5. The van der Waals surface area contributed by atoms with Crippen LogP contribution in [0.1, 0.15) is 5.76 Å². The Morgan fingerprint density at radius 2 is 2.04 bits per heavy atom. The van der Waals surface area contributed by atoms with E-state index in [2.05, 4.69) is 10.2 Å². The summed E-state index contributed by atoms with van der Waals surface area (Å²) in [7, 11) is 0. The highest BCUT2D eigenvalue weighted by Crippen LogP contribution is 2.31. The Labute approximate surface area is 138 Å². The molecule has 12 heteroatoms. The zero-order valence-electron chi connectivity index (χ0n) is 11.7. The number of rotatable bonds is 5. The first-order chi connectivity index (χ1) is 11.4. The zero-order chi connectivity index (χ0) is 17.7. The van der Waals surface area contributed by atoms with Crippen molar-refractivity contribution in [2.45, 2.75) is 0 Å². The van der Waals surface area contributed by atoms with Crippen molar-refractivity contribution in [2.75, 3.05) is 0 Å². The lowest BCUT2D eigenvalue weighted by molar-refractivity contribution is -0.525. The first-order valence-corrected chi connectivity index (χ1v) is 6.56. The van der Waals surface area contributed by atoms with Crippen LogP contribution in [0.4, 0.5) is 5.69 Å². The van der Waals surface area contributed by atoms with Crippen LogP contribution in [0.15, 0.2) is 45.0 Å². The van der Waals surface area contributed by atoms with Gasteiger partial charge in [-0.1, -0.05) is 17.0 Å². The lowest BCUT2D eigenvalue weighted by Gasteiger charge is -2.00. The molecule has 0 bridgehead atoms. The standard InChI is InChI=1S/C12H9ClN6O5/c13-10-5-7(18(20)21)1-3-9(10)11-4-2-8(24-11)6-15-16-12(14)17-19(22)23/h1-6H,(H3,14,16,17). The first kappa shape index (κ1) is 16.9. The molecule has 0 unspecified atom stereocenters. The van der Waals surface area contributed by atoms with Gasteiger partial charge in [0, 0.05) is 17.7 Å². The van der Waals surface area contributed by atoms with Crippen molar-refractivity contribution < 1.29 is 14.4 Å².